The lowest BCUT2D eigenvalue weighted by atomic mass is 10.2. The van der Waals surface area contributed by atoms with E-state index in [1.54, 1.807) is 18.2 Å². The summed E-state index contributed by atoms with van der Waals surface area (Å²) in [5.41, 5.74) is 2.30. The molecule has 0 aliphatic carbocycles. The maximum Gasteiger partial charge on any atom is 0.125 e. The molecule has 0 aliphatic rings. The summed E-state index contributed by atoms with van der Waals surface area (Å²) in [7, 11) is 1.86. The zero-order valence-electron chi connectivity index (χ0n) is 9.39. The highest BCUT2D eigenvalue weighted by molar-refractivity contribution is 5.63. The SMILES string of the molecule is CN(c1ccc(C#N)cc1)c1cccc(F)c1. The van der Waals surface area contributed by atoms with Gasteiger partial charge in [0.1, 0.15) is 5.82 Å². The van der Waals surface area contributed by atoms with Crippen LogP contribution in [0.3, 0.4) is 0 Å². The molecule has 0 saturated heterocycles. The third-order valence-electron chi connectivity index (χ3n) is 2.58. The summed E-state index contributed by atoms with van der Waals surface area (Å²) in [6.45, 7) is 0. The van der Waals surface area contributed by atoms with Gasteiger partial charge in [0.2, 0.25) is 0 Å². The second-order valence-corrected chi connectivity index (χ2v) is 3.70. The van der Waals surface area contributed by atoms with Crippen molar-refractivity contribution < 1.29 is 4.39 Å². The highest BCUT2D eigenvalue weighted by Crippen LogP contribution is 2.23. The van der Waals surface area contributed by atoms with Crippen molar-refractivity contribution in [3.63, 3.8) is 0 Å². The number of halogens is 1. The Balaban J connectivity index is 2.30. The fourth-order valence-corrected chi connectivity index (χ4v) is 1.59. The maximum absolute atomic E-state index is 13.1. The average molecular weight is 226 g/mol. The first-order valence-corrected chi connectivity index (χ1v) is 5.20. The molecule has 3 heteroatoms. The Labute approximate surface area is 99.5 Å². The lowest BCUT2D eigenvalue weighted by Crippen LogP contribution is -2.09. The van der Waals surface area contributed by atoms with E-state index < -0.39 is 0 Å². The number of hydrogen-bond acceptors (Lipinski definition) is 2. The van der Waals surface area contributed by atoms with Crippen LogP contribution in [0.4, 0.5) is 15.8 Å². The third kappa shape index (κ3) is 2.43. The number of anilines is 2. The number of benzene rings is 2. The molecule has 0 fully saturated rings. The topological polar surface area (TPSA) is 27.0 Å². The van der Waals surface area contributed by atoms with Crippen molar-refractivity contribution in [2.45, 2.75) is 0 Å². The van der Waals surface area contributed by atoms with Gasteiger partial charge in [0.25, 0.3) is 0 Å². The van der Waals surface area contributed by atoms with Gasteiger partial charge in [0.05, 0.1) is 11.6 Å². The molecule has 0 heterocycles. The summed E-state index contributed by atoms with van der Waals surface area (Å²) in [6, 6.07) is 15.6. The van der Waals surface area contributed by atoms with Crippen molar-refractivity contribution in [2.75, 3.05) is 11.9 Å². The molecular formula is C14H11FN2. The third-order valence-corrected chi connectivity index (χ3v) is 2.58. The Hall–Kier alpha value is -2.34. The van der Waals surface area contributed by atoms with Crippen LogP contribution in [0.1, 0.15) is 5.56 Å². The molecule has 0 radical (unpaired) electrons. The first-order valence-electron chi connectivity index (χ1n) is 5.20. The lowest BCUT2D eigenvalue weighted by Gasteiger charge is -2.19. The van der Waals surface area contributed by atoms with Crippen molar-refractivity contribution in [1.82, 2.24) is 0 Å². The molecular weight excluding hydrogens is 215 g/mol. The summed E-state index contributed by atoms with van der Waals surface area (Å²) >= 11 is 0. The minimum atomic E-state index is -0.261. The number of nitriles is 1. The van der Waals surface area contributed by atoms with Crippen LogP contribution in [0.5, 0.6) is 0 Å². The summed E-state index contributed by atoms with van der Waals surface area (Å²) in [5, 5.41) is 8.71. The number of hydrogen-bond donors (Lipinski definition) is 0. The van der Waals surface area contributed by atoms with E-state index in [9.17, 15) is 4.39 Å². The molecule has 0 saturated carbocycles. The van der Waals surface area contributed by atoms with Gasteiger partial charge < -0.3 is 4.90 Å². The molecule has 0 atom stereocenters. The van der Waals surface area contributed by atoms with Gasteiger partial charge in [-0.25, -0.2) is 4.39 Å². The van der Waals surface area contributed by atoms with Crippen molar-refractivity contribution in [3.05, 3.63) is 59.9 Å². The molecule has 0 spiro atoms. The van der Waals surface area contributed by atoms with Crippen LogP contribution in [0.2, 0.25) is 0 Å². The number of rotatable bonds is 2. The Morgan fingerprint density at radius 2 is 1.76 bits per heavy atom. The van der Waals surface area contributed by atoms with Gasteiger partial charge in [-0.15, -0.1) is 0 Å². The number of nitrogens with zero attached hydrogens (tertiary/aromatic N) is 2. The van der Waals surface area contributed by atoms with Gasteiger partial charge in [-0.3, -0.25) is 0 Å². The first-order chi connectivity index (χ1) is 8.20. The molecule has 2 aromatic carbocycles. The van der Waals surface area contributed by atoms with E-state index >= 15 is 0 Å². The fourth-order valence-electron chi connectivity index (χ4n) is 1.59. The van der Waals surface area contributed by atoms with Gasteiger partial charge in [0.15, 0.2) is 0 Å². The smallest absolute Gasteiger partial charge is 0.125 e. The van der Waals surface area contributed by atoms with Crippen molar-refractivity contribution in [1.29, 1.82) is 5.26 Å². The lowest BCUT2D eigenvalue weighted by molar-refractivity contribution is 0.628. The quantitative estimate of drug-likeness (QED) is 0.784. The Bertz CT molecular complexity index is 555. The Kier molecular flexibility index (Phi) is 3.06. The second-order valence-electron chi connectivity index (χ2n) is 3.70. The minimum absolute atomic E-state index is 0.261. The summed E-state index contributed by atoms with van der Waals surface area (Å²) in [5.74, 6) is -0.261. The van der Waals surface area contributed by atoms with E-state index in [-0.39, 0.29) is 5.82 Å². The predicted octanol–water partition coefficient (Wildman–Crippen LogP) is 3.47. The zero-order valence-corrected chi connectivity index (χ0v) is 9.39. The predicted molar refractivity (Wildman–Crippen MR) is 65.6 cm³/mol. The van der Waals surface area contributed by atoms with E-state index in [4.69, 9.17) is 5.26 Å². The van der Waals surface area contributed by atoms with Crippen LogP contribution in [-0.2, 0) is 0 Å². The fraction of sp³-hybridized carbons (Fsp3) is 0.0714. The standard InChI is InChI=1S/C14H11FN2/c1-17(14-4-2-3-12(15)9-14)13-7-5-11(10-16)6-8-13/h2-9H,1H3. The molecule has 17 heavy (non-hydrogen) atoms. The van der Waals surface area contributed by atoms with Gasteiger partial charge in [-0.05, 0) is 42.5 Å². The van der Waals surface area contributed by atoms with E-state index in [0.717, 1.165) is 11.4 Å². The molecule has 0 unspecified atom stereocenters. The van der Waals surface area contributed by atoms with E-state index in [2.05, 4.69) is 6.07 Å². The molecule has 0 bridgehead atoms. The summed E-state index contributed by atoms with van der Waals surface area (Å²) in [4.78, 5) is 1.87. The van der Waals surface area contributed by atoms with Gasteiger partial charge >= 0.3 is 0 Å². The molecule has 0 N–H and O–H groups in total. The molecule has 2 aromatic rings. The molecule has 0 aliphatic heterocycles. The molecule has 0 amide bonds. The van der Waals surface area contributed by atoms with Crippen LogP contribution in [0.15, 0.2) is 48.5 Å². The van der Waals surface area contributed by atoms with Gasteiger partial charge in [0, 0.05) is 18.4 Å². The van der Waals surface area contributed by atoms with Gasteiger partial charge in [-0.1, -0.05) is 6.07 Å². The van der Waals surface area contributed by atoms with Crippen LogP contribution in [0.25, 0.3) is 0 Å². The van der Waals surface area contributed by atoms with E-state index in [1.807, 2.05) is 30.1 Å². The first kappa shape index (κ1) is 11.2. The largest absolute Gasteiger partial charge is 0.345 e. The van der Waals surface area contributed by atoms with E-state index in [1.165, 1.54) is 12.1 Å². The van der Waals surface area contributed by atoms with Crippen LogP contribution < -0.4 is 4.90 Å². The molecule has 2 nitrogen and oxygen atoms in total. The average Bonchev–Trinajstić information content (AvgIpc) is 2.38. The minimum Gasteiger partial charge on any atom is -0.345 e. The molecule has 0 aromatic heterocycles. The van der Waals surface area contributed by atoms with Crippen LogP contribution >= 0.6 is 0 Å². The Morgan fingerprint density at radius 3 is 2.35 bits per heavy atom. The summed E-state index contributed by atoms with van der Waals surface area (Å²) in [6.07, 6.45) is 0. The highest BCUT2D eigenvalue weighted by Gasteiger charge is 2.04. The normalized spacial score (nSPS) is 9.71. The van der Waals surface area contributed by atoms with Gasteiger partial charge in [-0.2, -0.15) is 5.26 Å². The monoisotopic (exact) mass is 226 g/mol. The van der Waals surface area contributed by atoms with E-state index in [0.29, 0.717) is 5.56 Å². The molecule has 2 rings (SSSR count). The highest BCUT2D eigenvalue weighted by atomic mass is 19.1. The molecule has 84 valence electrons. The van der Waals surface area contributed by atoms with Crippen molar-refractivity contribution in [3.8, 4) is 6.07 Å². The zero-order chi connectivity index (χ0) is 12.3. The Morgan fingerprint density at radius 1 is 1.06 bits per heavy atom. The maximum atomic E-state index is 13.1. The van der Waals surface area contributed by atoms with Crippen molar-refractivity contribution >= 4 is 11.4 Å². The van der Waals surface area contributed by atoms with Crippen LogP contribution in [-0.4, -0.2) is 7.05 Å². The van der Waals surface area contributed by atoms with Crippen LogP contribution in [0, 0.1) is 17.1 Å². The summed E-state index contributed by atoms with van der Waals surface area (Å²) < 4.78 is 13.1. The van der Waals surface area contributed by atoms with Crippen molar-refractivity contribution in [2.24, 2.45) is 0 Å². The second kappa shape index (κ2) is 4.67.